The Morgan fingerprint density at radius 1 is 1.06 bits per heavy atom. The zero-order chi connectivity index (χ0) is 11.3. The van der Waals surface area contributed by atoms with Gasteiger partial charge >= 0.3 is 5.97 Å². The van der Waals surface area contributed by atoms with Gasteiger partial charge in [0.1, 0.15) is 0 Å². The summed E-state index contributed by atoms with van der Waals surface area (Å²) < 4.78 is 4.95. The quantitative estimate of drug-likeness (QED) is 0.686. The third-order valence-electron chi connectivity index (χ3n) is 5.15. The maximum absolute atomic E-state index is 11.9. The first-order valence-electron chi connectivity index (χ1n) is 6.52. The zero-order valence-electron chi connectivity index (χ0n) is 9.89. The molecular formula is C13H21NO2. The Balaban J connectivity index is 1.92. The molecule has 0 saturated heterocycles. The SMILES string of the molecule is COC(=O)[C@@H]1C2C[C@@H]3CC(C[C@H](C2)C3)[C@@H]1N. The van der Waals surface area contributed by atoms with Crippen LogP contribution in [0.1, 0.15) is 32.1 Å². The van der Waals surface area contributed by atoms with Crippen LogP contribution in [0.25, 0.3) is 0 Å². The fraction of sp³-hybridized carbons (Fsp3) is 0.923. The Bertz CT molecular complexity index is 290. The minimum Gasteiger partial charge on any atom is -0.469 e. The number of carbonyl (C=O) groups excluding carboxylic acids is 1. The molecule has 0 aromatic rings. The number of hydrogen-bond acceptors (Lipinski definition) is 3. The van der Waals surface area contributed by atoms with Crippen molar-refractivity contribution in [1.29, 1.82) is 0 Å². The highest BCUT2D eigenvalue weighted by molar-refractivity contribution is 5.73. The monoisotopic (exact) mass is 223 g/mol. The average Bonchev–Trinajstić information content (AvgIpc) is 2.40. The lowest BCUT2D eigenvalue weighted by Gasteiger charge is -2.38. The molecule has 6 atom stereocenters. The van der Waals surface area contributed by atoms with E-state index >= 15 is 0 Å². The highest BCUT2D eigenvalue weighted by atomic mass is 16.5. The van der Waals surface area contributed by atoms with Crippen molar-refractivity contribution in [3.8, 4) is 0 Å². The molecule has 0 aromatic carbocycles. The molecule has 3 nitrogen and oxygen atoms in total. The first-order valence-corrected chi connectivity index (χ1v) is 6.52. The van der Waals surface area contributed by atoms with Gasteiger partial charge in [-0.25, -0.2) is 0 Å². The van der Waals surface area contributed by atoms with Crippen molar-refractivity contribution in [2.24, 2.45) is 35.3 Å². The molecule has 0 aliphatic heterocycles. The molecule has 0 amide bonds. The number of esters is 1. The normalized spacial score (nSPS) is 50.1. The van der Waals surface area contributed by atoms with Gasteiger partial charge in [0, 0.05) is 6.04 Å². The van der Waals surface area contributed by atoms with Crippen LogP contribution in [-0.4, -0.2) is 19.1 Å². The Kier molecular flexibility index (Phi) is 2.46. The number of nitrogens with two attached hydrogens (primary N) is 1. The second-order valence-corrected chi connectivity index (χ2v) is 6.06. The number of carbonyl (C=O) groups is 1. The molecule has 0 heterocycles. The summed E-state index contributed by atoms with van der Waals surface area (Å²) in [7, 11) is 1.49. The fourth-order valence-electron chi connectivity index (χ4n) is 4.65. The zero-order valence-corrected chi connectivity index (χ0v) is 9.89. The molecule has 4 rings (SSSR count). The molecule has 4 saturated carbocycles. The number of fused-ring (bicyclic) bond motifs is 1. The topological polar surface area (TPSA) is 52.3 Å². The average molecular weight is 223 g/mol. The lowest BCUT2D eigenvalue weighted by molar-refractivity contribution is -0.148. The van der Waals surface area contributed by atoms with Gasteiger partial charge in [0.15, 0.2) is 0 Å². The summed E-state index contributed by atoms with van der Waals surface area (Å²) in [6.07, 6.45) is 6.30. The van der Waals surface area contributed by atoms with Crippen LogP contribution < -0.4 is 5.73 Å². The van der Waals surface area contributed by atoms with E-state index in [2.05, 4.69) is 0 Å². The minimum absolute atomic E-state index is 0.0229. The van der Waals surface area contributed by atoms with Gasteiger partial charge in [-0.3, -0.25) is 4.79 Å². The summed E-state index contributed by atoms with van der Waals surface area (Å²) in [6.45, 7) is 0. The van der Waals surface area contributed by atoms with Crippen LogP contribution in [0, 0.1) is 29.6 Å². The Morgan fingerprint density at radius 2 is 1.62 bits per heavy atom. The standard InChI is InChI=1S/C13H21NO2/c1-16-13(15)11-9-3-7-2-8(4-9)6-10(5-7)12(11)14/h7-12H,2-6,14H2,1H3/t7-,8+,9?,10?,11-,12+/m1/s1. The molecule has 0 radical (unpaired) electrons. The number of rotatable bonds is 1. The summed E-state index contributed by atoms with van der Waals surface area (Å²) in [5.41, 5.74) is 6.32. The van der Waals surface area contributed by atoms with Crippen LogP contribution in [0.5, 0.6) is 0 Å². The molecule has 4 fully saturated rings. The van der Waals surface area contributed by atoms with E-state index in [0.29, 0.717) is 11.8 Å². The van der Waals surface area contributed by atoms with Crippen molar-refractivity contribution in [1.82, 2.24) is 0 Å². The molecular weight excluding hydrogens is 202 g/mol. The van der Waals surface area contributed by atoms with E-state index in [1.807, 2.05) is 0 Å². The molecule has 4 bridgehead atoms. The van der Waals surface area contributed by atoms with Gasteiger partial charge in [0.2, 0.25) is 0 Å². The van der Waals surface area contributed by atoms with Crippen LogP contribution in [0.2, 0.25) is 0 Å². The summed E-state index contributed by atoms with van der Waals surface area (Å²) in [4.78, 5) is 11.9. The summed E-state index contributed by atoms with van der Waals surface area (Å²) >= 11 is 0. The van der Waals surface area contributed by atoms with Gasteiger partial charge in [-0.15, -0.1) is 0 Å². The molecule has 0 spiro atoms. The predicted molar refractivity (Wildman–Crippen MR) is 60.5 cm³/mol. The van der Waals surface area contributed by atoms with Crippen molar-refractivity contribution in [2.75, 3.05) is 7.11 Å². The maximum atomic E-state index is 11.9. The first-order chi connectivity index (χ1) is 7.69. The molecule has 2 unspecified atom stereocenters. The number of ether oxygens (including phenoxy) is 1. The van der Waals surface area contributed by atoms with Crippen molar-refractivity contribution in [3.63, 3.8) is 0 Å². The van der Waals surface area contributed by atoms with Crippen LogP contribution in [0.3, 0.4) is 0 Å². The van der Waals surface area contributed by atoms with E-state index in [1.54, 1.807) is 0 Å². The lowest BCUT2D eigenvalue weighted by Crippen LogP contribution is -2.43. The Labute approximate surface area is 96.7 Å². The minimum atomic E-state index is -0.0642. The fourth-order valence-corrected chi connectivity index (χ4v) is 4.65. The van der Waals surface area contributed by atoms with E-state index in [9.17, 15) is 4.79 Å². The molecule has 3 heteroatoms. The van der Waals surface area contributed by atoms with Gasteiger partial charge < -0.3 is 10.5 Å². The van der Waals surface area contributed by atoms with Gasteiger partial charge in [0.05, 0.1) is 13.0 Å². The van der Waals surface area contributed by atoms with Crippen molar-refractivity contribution in [2.45, 2.75) is 38.1 Å². The lowest BCUT2D eigenvalue weighted by atomic mass is 9.67. The van der Waals surface area contributed by atoms with E-state index < -0.39 is 0 Å². The van der Waals surface area contributed by atoms with Gasteiger partial charge in [-0.05, 0) is 55.8 Å². The largest absolute Gasteiger partial charge is 0.469 e. The van der Waals surface area contributed by atoms with E-state index in [-0.39, 0.29) is 17.9 Å². The van der Waals surface area contributed by atoms with Crippen molar-refractivity contribution in [3.05, 3.63) is 0 Å². The van der Waals surface area contributed by atoms with Crippen LogP contribution >= 0.6 is 0 Å². The Morgan fingerprint density at radius 3 is 2.19 bits per heavy atom. The second-order valence-electron chi connectivity index (χ2n) is 6.06. The summed E-state index contributed by atoms with van der Waals surface area (Å²) in [6, 6.07) is 0.0488. The maximum Gasteiger partial charge on any atom is 0.310 e. The number of methoxy groups -OCH3 is 1. The van der Waals surface area contributed by atoms with E-state index in [0.717, 1.165) is 11.8 Å². The van der Waals surface area contributed by atoms with Crippen LogP contribution in [-0.2, 0) is 9.53 Å². The molecule has 0 aromatic heterocycles. The van der Waals surface area contributed by atoms with Crippen LogP contribution in [0.15, 0.2) is 0 Å². The smallest absolute Gasteiger partial charge is 0.310 e. The third kappa shape index (κ3) is 1.48. The summed E-state index contributed by atoms with van der Waals surface area (Å²) in [5, 5.41) is 0. The molecule has 4 aliphatic carbocycles. The van der Waals surface area contributed by atoms with Gasteiger partial charge in [-0.1, -0.05) is 0 Å². The molecule has 90 valence electrons. The highest BCUT2D eigenvalue weighted by Gasteiger charge is 2.50. The molecule has 4 aliphatic rings. The van der Waals surface area contributed by atoms with Crippen molar-refractivity contribution >= 4 is 5.97 Å². The summed E-state index contributed by atoms with van der Waals surface area (Å²) in [5.74, 6) is 2.65. The van der Waals surface area contributed by atoms with Crippen molar-refractivity contribution < 1.29 is 9.53 Å². The highest BCUT2D eigenvalue weighted by Crippen LogP contribution is 2.52. The molecule has 2 N–H and O–H groups in total. The predicted octanol–water partition coefficient (Wildman–Crippen LogP) is 1.56. The van der Waals surface area contributed by atoms with E-state index in [1.165, 1.54) is 39.2 Å². The Hall–Kier alpha value is -0.570. The van der Waals surface area contributed by atoms with Gasteiger partial charge in [-0.2, -0.15) is 0 Å². The first kappa shape index (κ1) is 10.6. The van der Waals surface area contributed by atoms with E-state index in [4.69, 9.17) is 10.5 Å². The second kappa shape index (κ2) is 3.73. The number of hydrogen-bond donors (Lipinski definition) is 1. The van der Waals surface area contributed by atoms with Gasteiger partial charge in [0.25, 0.3) is 0 Å². The molecule has 16 heavy (non-hydrogen) atoms. The third-order valence-corrected chi connectivity index (χ3v) is 5.15. The van der Waals surface area contributed by atoms with Crippen LogP contribution in [0.4, 0.5) is 0 Å².